The molecule has 1 aliphatic rings. The first kappa shape index (κ1) is 15.3. The summed E-state index contributed by atoms with van der Waals surface area (Å²) >= 11 is 5.40. The second-order valence-electron chi connectivity index (χ2n) is 5.13. The van der Waals surface area contributed by atoms with Crippen LogP contribution in [-0.2, 0) is 0 Å². The molecule has 0 amide bonds. The lowest BCUT2D eigenvalue weighted by Gasteiger charge is -2.39. The van der Waals surface area contributed by atoms with Crippen LogP contribution in [0.1, 0.15) is 25.5 Å². The predicted molar refractivity (Wildman–Crippen MR) is 84.0 cm³/mol. The predicted octanol–water partition coefficient (Wildman–Crippen LogP) is 3.41. The molecule has 0 aromatic heterocycles. The molecule has 19 heavy (non-hydrogen) atoms. The van der Waals surface area contributed by atoms with Crippen LogP contribution in [0.2, 0.25) is 0 Å². The number of nitrogens with zero attached hydrogens (tertiary/aromatic N) is 1. The molecule has 5 heteroatoms. The van der Waals surface area contributed by atoms with Gasteiger partial charge in [0.15, 0.2) is 0 Å². The fourth-order valence-electron chi connectivity index (χ4n) is 2.71. The molecule has 1 aromatic carbocycles. The third kappa shape index (κ3) is 3.72. The lowest BCUT2D eigenvalue weighted by Crippen LogP contribution is -2.45. The molecule has 2 nitrogen and oxygen atoms in total. The third-order valence-corrected chi connectivity index (χ3v) is 5.15. The van der Waals surface area contributed by atoms with Crippen LogP contribution in [0, 0.1) is 5.82 Å². The van der Waals surface area contributed by atoms with E-state index in [0.29, 0.717) is 22.6 Å². The van der Waals surface area contributed by atoms with E-state index < -0.39 is 0 Å². The molecular weight excluding hydrogens is 327 g/mol. The van der Waals surface area contributed by atoms with Crippen LogP contribution in [0.5, 0.6) is 0 Å². The molecule has 2 N–H and O–H groups in total. The highest BCUT2D eigenvalue weighted by Gasteiger charge is 2.29. The second kappa shape index (κ2) is 6.57. The van der Waals surface area contributed by atoms with E-state index in [2.05, 4.69) is 34.7 Å². The Morgan fingerprint density at radius 3 is 2.63 bits per heavy atom. The quantitative estimate of drug-likeness (QED) is 0.909. The van der Waals surface area contributed by atoms with Gasteiger partial charge in [-0.05, 0) is 18.2 Å². The van der Waals surface area contributed by atoms with Gasteiger partial charge in [0.1, 0.15) is 5.82 Å². The van der Waals surface area contributed by atoms with Crippen LogP contribution < -0.4 is 5.73 Å². The van der Waals surface area contributed by atoms with Crippen LogP contribution >= 0.6 is 27.7 Å². The van der Waals surface area contributed by atoms with Crippen molar-refractivity contribution in [2.45, 2.75) is 30.4 Å². The molecule has 0 saturated carbocycles. The Hall–Kier alpha value is -0.100. The summed E-state index contributed by atoms with van der Waals surface area (Å²) in [7, 11) is 0. The van der Waals surface area contributed by atoms with Crippen molar-refractivity contribution in [3.05, 3.63) is 34.1 Å². The number of halogens is 2. The molecule has 0 aliphatic carbocycles. The van der Waals surface area contributed by atoms with Crippen molar-refractivity contribution in [1.82, 2.24) is 4.90 Å². The maximum atomic E-state index is 14.0. The standard InChI is InChI=1S/C14H20BrFN2S/c1-9-7-18(8-10(2)19-9)14(6-17)12-5-11(15)3-4-13(12)16/h3-5,9-10,14H,6-8,17H2,1-2H3. The monoisotopic (exact) mass is 346 g/mol. The van der Waals surface area contributed by atoms with Crippen molar-refractivity contribution in [3.63, 3.8) is 0 Å². The second-order valence-corrected chi connectivity index (χ2v) is 7.93. The van der Waals surface area contributed by atoms with E-state index >= 15 is 0 Å². The van der Waals surface area contributed by atoms with E-state index in [1.54, 1.807) is 6.07 Å². The van der Waals surface area contributed by atoms with E-state index in [1.807, 2.05) is 17.8 Å². The molecule has 1 aliphatic heterocycles. The zero-order chi connectivity index (χ0) is 14.0. The van der Waals surface area contributed by atoms with Crippen molar-refractivity contribution in [3.8, 4) is 0 Å². The number of hydrogen-bond donors (Lipinski definition) is 1. The van der Waals surface area contributed by atoms with Gasteiger partial charge >= 0.3 is 0 Å². The summed E-state index contributed by atoms with van der Waals surface area (Å²) in [4.78, 5) is 2.32. The van der Waals surface area contributed by atoms with Gasteiger partial charge in [-0.1, -0.05) is 29.8 Å². The summed E-state index contributed by atoms with van der Waals surface area (Å²) in [6.45, 7) is 6.81. The smallest absolute Gasteiger partial charge is 0.128 e. The third-order valence-electron chi connectivity index (χ3n) is 3.43. The normalized spacial score (nSPS) is 26.4. The number of benzene rings is 1. The summed E-state index contributed by atoms with van der Waals surface area (Å²) < 4.78 is 14.9. The largest absolute Gasteiger partial charge is 0.329 e. The number of rotatable bonds is 3. The SMILES string of the molecule is CC1CN(C(CN)c2cc(Br)ccc2F)CC(C)S1. The van der Waals surface area contributed by atoms with Crippen LogP contribution in [0.4, 0.5) is 4.39 Å². The van der Waals surface area contributed by atoms with Gasteiger partial charge in [0.05, 0.1) is 6.04 Å². The van der Waals surface area contributed by atoms with Gasteiger partial charge in [-0.2, -0.15) is 11.8 Å². The average molecular weight is 347 g/mol. The van der Waals surface area contributed by atoms with E-state index in [1.165, 1.54) is 6.07 Å². The highest BCUT2D eigenvalue weighted by molar-refractivity contribution is 9.10. The Bertz CT molecular complexity index is 433. The summed E-state index contributed by atoms with van der Waals surface area (Å²) in [5.41, 5.74) is 6.61. The van der Waals surface area contributed by atoms with E-state index in [4.69, 9.17) is 5.73 Å². The van der Waals surface area contributed by atoms with E-state index in [-0.39, 0.29) is 11.9 Å². The Balaban J connectivity index is 2.26. The Labute approximate surface area is 127 Å². The maximum Gasteiger partial charge on any atom is 0.128 e. The van der Waals surface area contributed by atoms with Crippen LogP contribution in [-0.4, -0.2) is 35.0 Å². The summed E-state index contributed by atoms with van der Waals surface area (Å²) in [6, 6.07) is 5.05. The molecule has 0 radical (unpaired) electrons. The fourth-order valence-corrected chi connectivity index (χ4v) is 4.44. The zero-order valence-corrected chi connectivity index (χ0v) is 13.7. The van der Waals surface area contributed by atoms with Crippen molar-refractivity contribution < 1.29 is 4.39 Å². The van der Waals surface area contributed by atoms with Crippen molar-refractivity contribution in [1.29, 1.82) is 0 Å². The molecule has 0 spiro atoms. The lowest BCUT2D eigenvalue weighted by molar-refractivity contribution is 0.195. The lowest BCUT2D eigenvalue weighted by atomic mass is 10.0. The molecule has 106 valence electrons. The Morgan fingerprint density at radius 2 is 2.05 bits per heavy atom. The zero-order valence-electron chi connectivity index (χ0n) is 11.3. The molecule has 1 heterocycles. The fraction of sp³-hybridized carbons (Fsp3) is 0.571. The summed E-state index contributed by atoms with van der Waals surface area (Å²) in [5, 5.41) is 1.13. The summed E-state index contributed by atoms with van der Waals surface area (Å²) in [6.07, 6.45) is 0. The van der Waals surface area contributed by atoms with Gasteiger partial charge in [0.2, 0.25) is 0 Å². The van der Waals surface area contributed by atoms with E-state index in [0.717, 1.165) is 17.6 Å². The van der Waals surface area contributed by atoms with Crippen LogP contribution in [0.15, 0.2) is 22.7 Å². The van der Waals surface area contributed by atoms with Crippen molar-refractivity contribution in [2.24, 2.45) is 5.73 Å². The van der Waals surface area contributed by atoms with Gasteiger partial charge in [-0.3, -0.25) is 4.90 Å². The highest BCUT2D eigenvalue weighted by Crippen LogP contribution is 2.32. The first-order valence-electron chi connectivity index (χ1n) is 6.55. The minimum Gasteiger partial charge on any atom is -0.329 e. The van der Waals surface area contributed by atoms with Crippen LogP contribution in [0.25, 0.3) is 0 Å². The number of nitrogens with two attached hydrogens (primary N) is 1. The molecule has 3 atom stereocenters. The minimum atomic E-state index is -0.169. The summed E-state index contributed by atoms with van der Waals surface area (Å²) in [5.74, 6) is -0.169. The molecule has 3 unspecified atom stereocenters. The van der Waals surface area contributed by atoms with Gasteiger partial charge in [-0.25, -0.2) is 4.39 Å². The topological polar surface area (TPSA) is 29.3 Å². The Kier molecular flexibility index (Phi) is 5.29. The van der Waals surface area contributed by atoms with Crippen molar-refractivity contribution in [2.75, 3.05) is 19.6 Å². The molecule has 1 aromatic rings. The van der Waals surface area contributed by atoms with Crippen LogP contribution in [0.3, 0.4) is 0 Å². The van der Waals surface area contributed by atoms with Gasteiger partial charge in [0, 0.05) is 40.2 Å². The molecule has 1 saturated heterocycles. The highest BCUT2D eigenvalue weighted by atomic mass is 79.9. The van der Waals surface area contributed by atoms with Gasteiger partial charge in [0.25, 0.3) is 0 Å². The molecule has 0 bridgehead atoms. The number of hydrogen-bond acceptors (Lipinski definition) is 3. The van der Waals surface area contributed by atoms with Gasteiger partial charge in [-0.15, -0.1) is 0 Å². The Morgan fingerprint density at radius 1 is 1.42 bits per heavy atom. The molecule has 2 rings (SSSR count). The number of thioether (sulfide) groups is 1. The van der Waals surface area contributed by atoms with E-state index in [9.17, 15) is 4.39 Å². The van der Waals surface area contributed by atoms with Crippen molar-refractivity contribution >= 4 is 27.7 Å². The average Bonchev–Trinajstić information content (AvgIpc) is 2.33. The minimum absolute atomic E-state index is 0.0386. The first-order chi connectivity index (χ1) is 9.01. The molecule has 1 fully saturated rings. The maximum absolute atomic E-state index is 14.0. The van der Waals surface area contributed by atoms with Gasteiger partial charge < -0.3 is 5.73 Å². The first-order valence-corrected chi connectivity index (χ1v) is 8.29. The molecular formula is C14H20BrFN2S.